The molecule has 138 valence electrons. The van der Waals surface area contributed by atoms with Gasteiger partial charge in [0.05, 0.1) is 5.69 Å². The first-order valence-corrected chi connectivity index (χ1v) is 9.36. The van der Waals surface area contributed by atoms with Crippen LogP contribution in [0.2, 0.25) is 0 Å². The predicted molar refractivity (Wildman–Crippen MR) is 97.6 cm³/mol. The second kappa shape index (κ2) is 7.21. The van der Waals surface area contributed by atoms with Crippen molar-refractivity contribution < 1.29 is 14.6 Å². The minimum absolute atomic E-state index is 0.145. The number of aliphatic hydroxyl groups is 1. The Balaban J connectivity index is 1.47. The Morgan fingerprint density at radius 2 is 2.04 bits per heavy atom. The number of aromatic nitrogens is 2. The summed E-state index contributed by atoms with van der Waals surface area (Å²) in [4.78, 5) is 14.7. The van der Waals surface area contributed by atoms with Gasteiger partial charge in [0.1, 0.15) is 5.60 Å². The highest BCUT2D eigenvalue weighted by Crippen LogP contribution is 2.31. The molecular formula is C20H25N3O3. The van der Waals surface area contributed by atoms with Gasteiger partial charge in [0.25, 0.3) is 5.91 Å². The van der Waals surface area contributed by atoms with Crippen LogP contribution in [-0.2, 0) is 9.53 Å². The number of nitrogens with one attached hydrogen (secondary N) is 1. The lowest BCUT2D eigenvalue weighted by molar-refractivity contribution is -0.162. The normalized spacial score (nSPS) is 23.0. The number of carbonyl (C=O) groups excluding carboxylic acids is 1. The molecule has 2 aliphatic heterocycles. The molecule has 1 atom stereocenters. The van der Waals surface area contributed by atoms with E-state index in [0.29, 0.717) is 39.1 Å². The fourth-order valence-electron chi connectivity index (χ4n) is 3.94. The average Bonchev–Trinajstić information content (AvgIpc) is 3.19. The van der Waals surface area contributed by atoms with E-state index in [1.807, 2.05) is 35.2 Å². The van der Waals surface area contributed by atoms with E-state index in [1.54, 1.807) is 0 Å². The fourth-order valence-corrected chi connectivity index (χ4v) is 3.94. The zero-order chi connectivity index (χ0) is 18.0. The summed E-state index contributed by atoms with van der Waals surface area (Å²) < 4.78 is 5.29. The van der Waals surface area contributed by atoms with Crippen molar-refractivity contribution >= 4 is 5.91 Å². The first kappa shape index (κ1) is 17.2. The van der Waals surface area contributed by atoms with Crippen molar-refractivity contribution in [2.75, 3.05) is 26.3 Å². The Morgan fingerprint density at radius 1 is 1.27 bits per heavy atom. The van der Waals surface area contributed by atoms with Crippen LogP contribution in [0.15, 0.2) is 36.4 Å². The Kier molecular flexibility index (Phi) is 4.78. The van der Waals surface area contributed by atoms with Crippen LogP contribution >= 0.6 is 0 Å². The highest BCUT2D eigenvalue weighted by molar-refractivity contribution is 5.85. The van der Waals surface area contributed by atoms with E-state index in [2.05, 4.69) is 16.3 Å². The van der Waals surface area contributed by atoms with Crippen molar-refractivity contribution in [2.24, 2.45) is 0 Å². The maximum Gasteiger partial charge on any atom is 0.254 e. The molecular weight excluding hydrogens is 330 g/mol. The van der Waals surface area contributed by atoms with Gasteiger partial charge in [-0.25, -0.2) is 0 Å². The minimum atomic E-state index is -1.26. The molecule has 0 spiro atoms. The molecule has 6 nitrogen and oxygen atoms in total. The summed E-state index contributed by atoms with van der Waals surface area (Å²) in [7, 11) is 0. The van der Waals surface area contributed by atoms with Gasteiger partial charge in [-0.15, -0.1) is 0 Å². The number of aromatic amines is 1. The average molecular weight is 355 g/mol. The molecule has 1 amide bonds. The number of ether oxygens (including phenoxy) is 1. The van der Waals surface area contributed by atoms with E-state index in [1.165, 1.54) is 0 Å². The first-order valence-electron chi connectivity index (χ1n) is 9.36. The van der Waals surface area contributed by atoms with E-state index >= 15 is 0 Å². The quantitative estimate of drug-likeness (QED) is 0.886. The van der Waals surface area contributed by atoms with E-state index < -0.39 is 5.60 Å². The van der Waals surface area contributed by atoms with Crippen molar-refractivity contribution in [2.45, 2.75) is 37.2 Å². The molecule has 0 bridgehead atoms. The second-order valence-electron chi connectivity index (χ2n) is 7.31. The van der Waals surface area contributed by atoms with Crippen LogP contribution in [-0.4, -0.2) is 58.0 Å². The molecule has 26 heavy (non-hydrogen) atoms. The number of amides is 1. The van der Waals surface area contributed by atoms with Gasteiger partial charge in [-0.2, -0.15) is 5.10 Å². The zero-order valence-corrected chi connectivity index (χ0v) is 14.9. The van der Waals surface area contributed by atoms with E-state index in [9.17, 15) is 9.90 Å². The third-order valence-corrected chi connectivity index (χ3v) is 5.53. The summed E-state index contributed by atoms with van der Waals surface area (Å²) in [5.41, 5.74) is 1.80. The second-order valence-corrected chi connectivity index (χ2v) is 7.31. The predicted octanol–water partition coefficient (Wildman–Crippen LogP) is 2.32. The Bertz CT molecular complexity index is 753. The molecule has 1 unspecified atom stereocenters. The maximum absolute atomic E-state index is 12.9. The number of likely N-dealkylation sites (tertiary alicyclic amines) is 1. The van der Waals surface area contributed by atoms with Crippen LogP contribution in [0.4, 0.5) is 0 Å². The Labute approximate surface area is 153 Å². The number of piperidine rings is 1. The van der Waals surface area contributed by atoms with Gasteiger partial charge in [0.2, 0.25) is 0 Å². The molecule has 0 aliphatic carbocycles. The van der Waals surface area contributed by atoms with Crippen molar-refractivity contribution in [3.05, 3.63) is 42.1 Å². The SMILES string of the molecule is O=C(N1CCCC(c2cc(-c3ccccc3)n[nH]2)C1)C1(O)CCOCC1. The van der Waals surface area contributed by atoms with Crippen molar-refractivity contribution in [3.63, 3.8) is 0 Å². The third kappa shape index (κ3) is 3.39. The number of nitrogens with zero attached hydrogens (tertiary/aromatic N) is 2. The lowest BCUT2D eigenvalue weighted by atomic mass is 9.89. The monoisotopic (exact) mass is 355 g/mol. The number of carbonyl (C=O) groups is 1. The molecule has 4 rings (SSSR count). The molecule has 0 saturated carbocycles. The number of hydrogen-bond donors (Lipinski definition) is 2. The van der Waals surface area contributed by atoms with Gasteiger partial charge in [-0.1, -0.05) is 30.3 Å². The molecule has 2 fully saturated rings. The molecule has 2 aromatic rings. The van der Waals surface area contributed by atoms with E-state index in [4.69, 9.17) is 4.74 Å². The van der Waals surface area contributed by atoms with Crippen LogP contribution in [0.1, 0.15) is 37.3 Å². The molecule has 2 saturated heterocycles. The standard InChI is InChI=1S/C20H25N3O3/c24-19(20(25)8-11-26-12-9-20)23-10-4-7-16(14-23)18-13-17(21-22-18)15-5-2-1-3-6-15/h1-3,5-6,13,16,25H,4,7-12,14H2,(H,21,22). The lowest BCUT2D eigenvalue weighted by Gasteiger charge is -2.39. The summed E-state index contributed by atoms with van der Waals surface area (Å²) in [5, 5.41) is 18.3. The van der Waals surface area contributed by atoms with Crippen molar-refractivity contribution in [3.8, 4) is 11.3 Å². The smallest absolute Gasteiger partial charge is 0.254 e. The van der Waals surface area contributed by atoms with Crippen molar-refractivity contribution in [1.82, 2.24) is 15.1 Å². The largest absolute Gasteiger partial charge is 0.381 e. The summed E-state index contributed by atoms with van der Waals surface area (Å²) in [5.74, 6) is 0.0781. The minimum Gasteiger partial charge on any atom is -0.381 e. The number of hydrogen-bond acceptors (Lipinski definition) is 4. The topological polar surface area (TPSA) is 78.5 Å². The van der Waals surface area contributed by atoms with Crippen LogP contribution in [0.25, 0.3) is 11.3 Å². The molecule has 1 aromatic carbocycles. The zero-order valence-electron chi connectivity index (χ0n) is 14.9. The highest BCUT2D eigenvalue weighted by Gasteiger charge is 2.42. The molecule has 6 heteroatoms. The lowest BCUT2D eigenvalue weighted by Crippen LogP contribution is -2.54. The van der Waals surface area contributed by atoms with Crippen molar-refractivity contribution in [1.29, 1.82) is 0 Å². The van der Waals surface area contributed by atoms with Crippen LogP contribution < -0.4 is 0 Å². The number of H-pyrrole nitrogens is 1. The fraction of sp³-hybridized carbons (Fsp3) is 0.500. The van der Waals surface area contributed by atoms with Crippen LogP contribution in [0.5, 0.6) is 0 Å². The number of rotatable bonds is 3. The van der Waals surface area contributed by atoms with Gasteiger partial charge >= 0.3 is 0 Å². The summed E-state index contributed by atoms with van der Waals surface area (Å²) >= 11 is 0. The van der Waals surface area contributed by atoms with Gasteiger partial charge in [0, 0.05) is 56.3 Å². The van der Waals surface area contributed by atoms with Gasteiger partial charge < -0.3 is 14.7 Å². The summed E-state index contributed by atoms with van der Waals surface area (Å²) in [6, 6.07) is 12.1. The number of benzene rings is 1. The molecule has 3 heterocycles. The Morgan fingerprint density at radius 3 is 2.81 bits per heavy atom. The van der Waals surface area contributed by atoms with Gasteiger partial charge in [-0.3, -0.25) is 9.89 Å². The highest BCUT2D eigenvalue weighted by atomic mass is 16.5. The van der Waals surface area contributed by atoms with Gasteiger partial charge in [-0.05, 0) is 18.9 Å². The van der Waals surface area contributed by atoms with E-state index in [0.717, 1.165) is 29.8 Å². The maximum atomic E-state index is 12.9. The third-order valence-electron chi connectivity index (χ3n) is 5.53. The summed E-state index contributed by atoms with van der Waals surface area (Å²) in [6.07, 6.45) is 2.72. The molecule has 0 radical (unpaired) electrons. The van der Waals surface area contributed by atoms with Gasteiger partial charge in [0.15, 0.2) is 0 Å². The van der Waals surface area contributed by atoms with Crippen LogP contribution in [0.3, 0.4) is 0 Å². The van der Waals surface area contributed by atoms with E-state index in [-0.39, 0.29) is 11.8 Å². The molecule has 2 N–H and O–H groups in total. The molecule has 1 aromatic heterocycles. The first-order chi connectivity index (χ1) is 12.7. The van der Waals surface area contributed by atoms with Crippen LogP contribution in [0, 0.1) is 0 Å². The summed E-state index contributed by atoms with van der Waals surface area (Å²) in [6.45, 7) is 2.22. The Hall–Kier alpha value is -2.18. The molecule has 2 aliphatic rings.